The molecule has 100 valence electrons. The largest absolute Gasteiger partial charge is 0.296 e. The molecule has 1 aliphatic rings. The molecule has 1 aliphatic heterocycles. The van der Waals surface area contributed by atoms with Gasteiger partial charge in [0.1, 0.15) is 5.15 Å². The van der Waals surface area contributed by atoms with Crippen molar-refractivity contribution in [3.05, 3.63) is 28.5 Å². The van der Waals surface area contributed by atoms with Gasteiger partial charge in [-0.25, -0.2) is 4.98 Å². The van der Waals surface area contributed by atoms with Crippen LogP contribution in [0.1, 0.15) is 50.4 Å². The highest BCUT2D eigenvalue weighted by Crippen LogP contribution is 2.33. The molecule has 0 aliphatic carbocycles. The topological polar surface area (TPSA) is 16.1 Å². The maximum absolute atomic E-state index is 5.95. The molecule has 2 nitrogen and oxygen atoms in total. The van der Waals surface area contributed by atoms with E-state index in [9.17, 15) is 0 Å². The van der Waals surface area contributed by atoms with Crippen LogP contribution in [0, 0.1) is 12.8 Å². The number of pyridine rings is 1. The lowest BCUT2D eigenvalue weighted by molar-refractivity contribution is 0.131. The van der Waals surface area contributed by atoms with Crippen molar-refractivity contribution in [2.24, 2.45) is 5.92 Å². The van der Waals surface area contributed by atoms with E-state index in [0.29, 0.717) is 17.1 Å². The van der Waals surface area contributed by atoms with Crippen molar-refractivity contribution in [3.63, 3.8) is 0 Å². The highest BCUT2D eigenvalue weighted by molar-refractivity contribution is 6.29. The number of likely N-dealkylation sites (tertiary alicyclic amines) is 1. The number of hydrogen-bond donors (Lipinski definition) is 0. The summed E-state index contributed by atoms with van der Waals surface area (Å²) in [6.45, 7) is 9.04. The Kier molecular flexibility index (Phi) is 4.63. The van der Waals surface area contributed by atoms with Gasteiger partial charge in [0.15, 0.2) is 0 Å². The third kappa shape index (κ3) is 3.24. The summed E-state index contributed by atoms with van der Waals surface area (Å²) < 4.78 is 0. The summed E-state index contributed by atoms with van der Waals surface area (Å²) in [7, 11) is 0. The summed E-state index contributed by atoms with van der Waals surface area (Å²) in [5.74, 6) is 0.714. The highest BCUT2D eigenvalue weighted by Gasteiger charge is 2.25. The number of halogens is 1. The van der Waals surface area contributed by atoms with E-state index >= 15 is 0 Å². The fraction of sp³-hybridized carbons (Fsp3) is 0.667. The van der Waals surface area contributed by atoms with Crippen LogP contribution in [0.2, 0.25) is 5.15 Å². The smallest absolute Gasteiger partial charge is 0.129 e. The van der Waals surface area contributed by atoms with Gasteiger partial charge >= 0.3 is 0 Å². The van der Waals surface area contributed by atoms with E-state index in [-0.39, 0.29) is 0 Å². The zero-order valence-electron chi connectivity index (χ0n) is 11.6. The maximum Gasteiger partial charge on any atom is 0.129 e. The molecular weight excluding hydrogens is 244 g/mol. The number of aromatic nitrogens is 1. The van der Waals surface area contributed by atoms with E-state index in [0.717, 1.165) is 5.69 Å². The molecule has 0 saturated carbocycles. The van der Waals surface area contributed by atoms with Crippen molar-refractivity contribution in [2.75, 3.05) is 13.1 Å². The van der Waals surface area contributed by atoms with Gasteiger partial charge in [-0.2, -0.15) is 0 Å². The van der Waals surface area contributed by atoms with Crippen LogP contribution in [0.3, 0.4) is 0 Å². The van der Waals surface area contributed by atoms with E-state index in [4.69, 9.17) is 11.6 Å². The molecule has 0 N–H and O–H groups in total. The molecule has 1 unspecified atom stereocenters. The normalized spacial score (nSPS) is 21.5. The lowest BCUT2D eigenvalue weighted by Gasteiger charge is -2.37. The molecular formula is C15H23ClN2. The Morgan fingerprint density at radius 2 is 2.17 bits per heavy atom. The fourth-order valence-corrected chi connectivity index (χ4v) is 3.11. The number of rotatable bonds is 3. The molecule has 0 bridgehead atoms. The Morgan fingerprint density at radius 3 is 2.83 bits per heavy atom. The van der Waals surface area contributed by atoms with Crippen LogP contribution >= 0.6 is 11.6 Å². The minimum atomic E-state index is 0.533. The molecule has 2 heterocycles. The van der Waals surface area contributed by atoms with E-state index in [2.05, 4.69) is 36.7 Å². The third-order valence-electron chi connectivity index (χ3n) is 3.67. The Bertz CT molecular complexity index is 403. The molecule has 2 rings (SSSR count). The van der Waals surface area contributed by atoms with Crippen molar-refractivity contribution in [2.45, 2.75) is 46.1 Å². The third-order valence-corrected chi connectivity index (χ3v) is 3.88. The molecule has 1 fully saturated rings. The van der Waals surface area contributed by atoms with Gasteiger partial charge in [0.05, 0.1) is 0 Å². The first-order chi connectivity index (χ1) is 8.58. The van der Waals surface area contributed by atoms with E-state index in [1.807, 2.05) is 6.07 Å². The second-order valence-electron chi connectivity index (χ2n) is 5.71. The van der Waals surface area contributed by atoms with Crippen LogP contribution < -0.4 is 0 Å². The van der Waals surface area contributed by atoms with Crippen molar-refractivity contribution >= 4 is 11.6 Å². The van der Waals surface area contributed by atoms with Gasteiger partial charge in [-0.05, 0) is 43.9 Å². The van der Waals surface area contributed by atoms with E-state index in [1.165, 1.54) is 37.9 Å². The monoisotopic (exact) mass is 266 g/mol. The highest BCUT2D eigenvalue weighted by atomic mass is 35.5. The zero-order valence-corrected chi connectivity index (χ0v) is 12.4. The average molecular weight is 267 g/mol. The second-order valence-corrected chi connectivity index (χ2v) is 6.10. The molecule has 0 radical (unpaired) electrons. The van der Waals surface area contributed by atoms with E-state index < -0.39 is 0 Å². The first-order valence-corrected chi connectivity index (χ1v) is 7.33. The Balaban J connectivity index is 2.22. The molecule has 1 saturated heterocycles. The van der Waals surface area contributed by atoms with Crippen LogP contribution in [0.15, 0.2) is 12.1 Å². The summed E-state index contributed by atoms with van der Waals surface area (Å²) in [6, 6.07) is 4.62. The zero-order chi connectivity index (χ0) is 13.1. The Labute approximate surface area is 115 Å². The van der Waals surface area contributed by atoms with Crippen LogP contribution in [-0.4, -0.2) is 23.0 Å². The molecule has 0 aromatic carbocycles. The standard InChI is InChI=1S/C15H23ClN2/c1-11(2)10-18-9-5-4-6-14(18)13-7-8-15(16)17-12(13)3/h7-8,11,14H,4-6,9-10H2,1-3H3. The molecule has 3 heteroatoms. The maximum atomic E-state index is 5.95. The predicted octanol–water partition coefficient (Wildman–Crippen LogP) is 4.23. The summed E-state index contributed by atoms with van der Waals surface area (Å²) >= 11 is 5.95. The molecule has 1 aromatic heterocycles. The number of hydrogen-bond acceptors (Lipinski definition) is 2. The minimum Gasteiger partial charge on any atom is -0.296 e. The predicted molar refractivity (Wildman–Crippen MR) is 77.0 cm³/mol. The average Bonchev–Trinajstić information content (AvgIpc) is 2.30. The van der Waals surface area contributed by atoms with Gasteiger partial charge in [0.2, 0.25) is 0 Å². The van der Waals surface area contributed by atoms with Gasteiger partial charge in [0.25, 0.3) is 0 Å². The van der Waals surface area contributed by atoms with Crippen molar-refractivity contribution in [1.82, 2.24) is 9.88 Å². The minimum absolute atomic E-state index is 0.533. The second kappa shape index (κ2) is 6.03. The van der Waals surface area contributed by atoms with Gasteiger partial charge in [-0.1, -0.05) is 37.9 Å². The molecule has 1 aromatic rings. The molecule has 0 spiro atoms. The van der Waals surface area contributed by atoms with Gasteiger partial charge < -0.3 is 0 Å². The molecule has 0 amide bonds. The lowest BCUT2D eigenvalue weighted by atomic mass is 9.93. The van der Waals surface area contributed by atoms with Crippen molar-refractivity contribution in [1.29, 1.82) is 0 Å². The SMILES string of the molecule is Cc1nc(Cl)ccc1C1CCCCN1CC(C)C. The van der Waals surface area contributed by atoms with Crippen molar-refractivity contribution < 1.29 is 0 Å². The van der Waals surface area contributed by atoms with Crippen LogP contribution in [0.25, 0.3) is 0 Å². The summed E-state index contributed by atoms with van der Waals surface area (Å²) in [5.41, 5.74) is 2.45. The van der Waals surface area contributed by atoms with Crippen LogP contribution in [-0.2, 0) is 0 Å². The Hall–Kier alpha value is -0.600. The Morgan fingerprint density at radius 1 is 1.39 bits per heavy atom. The summed E-state index contributed by atoms with van der Waals surface area (Å²) in [5, 5.41) is 0.600. The number of nitrogens with zero attached hydrogens (tertiary/aromatic N) is 2. The molecule has 1 atom stereocenters. The first-order valence-electron chi connectivity index (χ1n) is 6.95. The quantitative estimate of drug-likeness (QED) is 0.762. The first kappa shape index (κ1) is 13.8. The van der Waals surface area contributed by atoms with Gasteiger partial charge in [-0.15, -0.1) is 0 Å². The van der Waals surface area contributed by atoms with Gasteiger partial charge in [0, 0.05) is 18.3 Å². The van der Waals surface area contributed by atoms with Crippen molar-refractivity contribution in [3.8, 4) is 0 Å². The summed E-state index contributed by atoms with van der Waals surface area (Å²) in [4.78, 5) is 7.02. The lowest BCUT2D eigenvalue weighted by Crippen LogP contribution is -2.36. The fourth-order valence-electron chi connectivity index (χ4n) is 2.92. The summed E-state index contributed by atoms with van der Waals surface area (Å²) in [6.07, 6.45) is 3.89. The number of aryl methyl sites for hydroxylation is 1. The van der Waals surface area contributed by atoms with Crippen LogP contribution in [0.4, 0.5) is 0 Å². The van der Waals surface area contributed by atoms with E-state index in [1.54, 1.807) is 0 Å². The number of piperidine rings is 1. The van der Waals surface area contributed by atoms with Crippen LogP contribution in [0.5, 0.6) is 0 Å². The van der Waals surface area contributed by atoms with Gasteiger partial charge in [-0.3, -0.25) is 4.90 Å². The molecule has 18 heavy (non-hydrogen) atoms.